The van der Waals surface area contributed by atoms with Gasteiger partial charge in [-0.3, -0.25) is 5.10 Å². The summed E-state index contributed by atoms with van der Waals surface area (Å²) >= 11 is 0. The summed E-state index contributed by atoms with van der Waals surface area (Å²) in [6.45, 7) is 5.11. The molecule has 3 rings (SSSR count). The van der Waals surface area contributed by atoms with Gasteiger partial charge in [0.2, 0.25) is 0 Å². The van der Waals surface area contributed by atoms with Crippen molar-refractivity contribution in [1.82, 2.24) is 15.5 Å². The van der Waals surface area contributed by atoms with Crippen LogP contribution in [0.25, 0.3) is 11.5 Å². The van der Waals surface area contributed by atoms with E-state index in [-0.39, 0.29) is 0 Å². The molecule has 4 nitrogen and oxygen atoms in total. The Balaban J connectivity index is 1.62. The molecule has 0 saturated heterocycles. The van der Waals surface area contributed by atoms with E-state index in [1.54, 1.807) is 0 Å². The van der Waals surface area contributed by atoms with Crippen molar-refractivity contribution in [2.24, 2.45) is 5.92 Å². The number of furan rings is 1. The van der Waals surface area contributed by atoms with Gasteiger partial charge in [0.25, 0.3) is 0 Å². The molecule has 0 bridgehead atoms. The second kappa shape index (κ2) is 6.48. The van der Waals surface area contributed by atoms with Gasteiger partial charge in [0.1, 0.15) is 11.5 Å². The SMILES string of the molecule is Cc1ccc(-c2[nH]ncc2CN[C@@H](C)C2CCCCC2)o1. The van der Waals surface area contributed by atoms with Crippen LogP contribution in [0, 0.1) is 12.8 Å². The lowest BCUT2D eigenvalue weighted by Crippen LogP contribution is -2.34. The van der Waals surface area contributed by atoms with Gasteiger partial charge in [-0.15, -0.1) is 0 Å². The average molecular weight is 287 g/mol. The van der Waals surface area contributed by atoms with E-state index < -0.39 is 0 Å². The third-order valence-corrected chi connectivity index (χ3v) is 4.68. The molecule has 2 aromatic heterocycles. The van der Waals surface area contributed by atoms with E-state index in [2.05, 4.69) is 22.4 Å². The molecule has 1 saturated carbocycles. The highest BCUT2D eigenvalue weighted by Crippen LogP contribution is 2.27. The first-order valence-corrected chi connectivity index (χ1v) is 8.06. The molecule has 1 aliphatic carbocycles. The van der Waals surface area contributed by atoms with Crippen molar-refractivity contribution < 1.29 is 4.42 Å². The van der Waals surface area contributed by atoms with Crippen molar-refractivity contribution in [2.75, 3.05) is 0 Å². The Morgan fingerprint density at radius 3 is 2.86 bits per heavy atom. The Morgan fingerprint density at radius 2 is 2.14 bits per heavy atom. The molecule has 114 valence electrons. The Bertz CT molecular complexity index is 566. The van der Waals surface area contributed by atoms with Crippen molar-refractivity contribution in [2.45, 2.75) is 58.5 Å². The normalized spacial score (nSPS) is 18.0. The van der Waals surface area contributed by atoms with Crippen molar-refractivity contribution >= 4 is 0 Å². The Labute approximate surface area is 126 Å². The van der Waals surface area contributed by atoms with E-state index in [0.717, 1.165) is 29.7 Å². The van der Waals surface area contributed by atoms with Gasteiger partial charge >= 0.3 is 0 Å². The van der Waals surface area contributed by atoms with Crippen LogP contribution in [0.4, 0.5) is 0 Å². The quantitative estimate of drug-likeness (QED) is 0.872. The number of aryl methyl sites for hydroxylation is 1. The minimum Gasteiger partial charge on any atom is -0.460 e. The maximum Gasteiger partial charge on any atom is 0.152 e. The maximum atomic E-state index is 5.69. The largest absolute Gasteiger partial charge is 0.460 e. The molecule has 1 aliphatic rings. The molecule has 21 heavy (non-hydrogen) atoms. The van der Waals surface area contributed by atoms with Gasteiger partial charge < -0.3 is 9.73 Å². The zero-order valence-corrected chi connectivity index (χ0v) is 13.0. The summed E-state index contributed by atoms with van der Waals surface area (Å²) in [7, 11) is 0. The average Bonchev–Trinajstić information content (AvgIpc) is 3.14. The van der Waals surface area contributed by atoms with E-state index in [1.165, 1.54) is 37.7 Å². The minimum atomic E-state index is 0.561. The molecular weight excluding hydrogens is 262 g/mol. The number of rotatable bonds is 5. The third-order valence-electron chi connectivity index (χ3n) is 4.68. The van der Waals surface area contributed by atoms with E-state index >= 15 is 0 Å². The Kier molecular flexibility index (Phi) is 4.44. The van der Waals surface area contributed by atoms with Gasteiger partial charge in [-0.1, -0.05) is 19.3 Å². The zero-order valence-electron chi connectivity index (χ0n) is 13.0. The van der Waals surface area contributed by atoms with Crippen LogP contribution < -0.4 is 5.32 Å². The summed E-state index contributed by atoms with van der Waals surface area (Å²) < 4.78 is 5.69. The fraction of sp³-hybridized carbons (Fsp3) is 0.588. The molecule has 1 atom stereocenters. The Hall–Kier alpha value is -1.55. The van der Waals surface area contributed by atoms with E-state index in [1.807, 2.05) is 25.3 Å². The first kappa shape index (κ1) is 14.4. The van der Waals surface area contributed by atoms with Gasteiger partial charge in [0, 0.05) is 18.2 Å². The molecule has 2 N–H and O–H groups in total. The molecule has 0 amide bonds. The van der Waals surface area contributed by atoms with Crippen molar-refractivity contribution in [3.63, 3.8) is 0 Å². The van der Waals surface area contributed by atoms with Crippen LogP contribution >= 0.6 is 0 Å². The lowest BCUT2D eigenvalue weighted by molar-refractivity contribution is 0.280. The van der Waals surface area contributed by atoms with Gasteiger partial charge in [-0.2, -0.15) is 5.10 Å². The van der Waals surface area contributed by atoms with E-state index in [9.17, 15) is 0 Å². The van der Waals surface area contributed by atoms with Crippen LogP contribution in [0.5, 0.6) is 0 Å². The number of hydrogen-bond donors (Lipinski definition) is 2. The number of nitrogens with zero attached hydrogens (tertiary/aromatic N) is 1. The summed E-state index contributed by atoms with van der Waals surface area (Å²) in [6, 6.07) is 4.54. The minimum absolute atomic E-state index is 0.561. The van der Waals surface area contributed by atoms with Crippen LogP contribution in [-0.2, 0) is 6.54 Å². The number of aromatic amines is 1. The Morgan fingerprint density at radius 1 is 1.33 bits per heavy atom. The van der Waals surface area contributed by atoms with Gasteiger partial charge in [-0.05, 0) is 44.7 Å². The predicted octanol–water partition coefficient (Wildman–Crippen LogP) is 4.04. The highest BCUT2D eigenvalue weighted by molar-refractivity contribution is 5.56. The summed E-state index contributed by atoms with van der Waals surface area (Å²) in [5.41, 5.74) is 2.17. The topological polar surface area (TPSA) is 53.9 Å². The number of nitrogens with one attached hydrogen (secondary N) is 2. The summed E-state index contributed by atoms with van der Waals surface area (Å²) in [4.78, 5) is 0. The third kappa shape index (κ3) is 3.38. The molecular formula is C17H25N3O. The lowest BCUT2D eigenvalue weighted by Gasteiger charge is -2.28. The summed E-state index contributed by atoms with van der Waals surface area (Å²) in [6.07, 6.45) is 8.81. The smallest absolute Gasteiger partial charge is 0.152 e. The number of hydrogen-bond acceptors (Lipinski definition) is 3. The van der Waals surface area contributed by atoms with E-state index in [0.29, 0.717) is 6.04 Å². The fourth-order valence-electron chi connectivity index (χ4n) is 3.30. The van der Waals surface area contributed by atoms with E-state index in [4.69, 9.17) is 4.42 Å². The standard InChI is InChI=1S/C17H25N3O/c1-12-8-9-16(21-12)17-15(11-19-20-17)10-18-13(2)14-6-4-3-5-7-14/h8-9,11,13-14,18H,3-7,10H2,1-2H3,(H,19,20)/t13-/m0/s1. The highest BCUT2D eigenvalue weighted by Gasteiger charge is 2.20. The van der Waals surface area contributed by atoms with Crippen molar-refractivity contribution in [1.29, 1.82) is 0 Å². The molecule has 4 heteroatoms. The molecule has 2 aromatic rings. The summed E-state index contributed by atoms with van der Waals surface area (Å²) in [5, 5.41) is 10.9. The number of H-pyrrole nitrogens is 1. The first-order chi connectivity index (χ1) is 10.2. The van der Waals surface area contributed by atoms with Crippen LogP contribution in [0.3, 0.4) is 0 Å². The van der Waals surface area contributed by atoms with Crippen molar-refractivity contribution in [3.05, 3.63) is 29.7 Å². The van der Waals surface area contributed by atoms with Crippen LogP contribution in [0.1, 0.15) is 50.4 Å². The monoisotopic (exact) mass is 287 g/mol. The fourth-order valence-corrected chi connectivity index (χ4v) is 3.30. The predicted molar refractivity (Wildman–Crippen MR) is 83.9 cm³/mol. The van der Waals surface area contributed by atoms with Gasteiger partial charge in [0.15, 0.2) is 5.76 Å². The summed E-state index contributed by atoms with van der Waals surface area (Å²) in [5.74, 6) is 2.61. The molecule has 0 unspecified atom stereocenters. The van der Waals surface area contributed by atoms with Gasteiger partial charge in [-0.25, -0.2) is 0 Å². The highest BCUT2D eigenvalue weighted by atomic mass is 16.3. The van der Waals surface area contributed by atoms with Crippen molar-refractivity contribution in [3.8, 4) is 11.5 Å². The first-order valence-electron chi connectivity index (χ1n) is 8.06. The van der Waals surface area contributed by atoms with Crippen LogP contribution in [0.15, 0.2) is 22.7 Å². The molecule has 0 spiro atoms. The lowest BCUT2D eigenvalue weighted by atomic mass is 9.84. The number of aromatic nitrogens is 2. The zero-order chi connectivity index (χ0) is 14.7. The molecule has 2 heterocycles. The van der Waals surface area contributed by atoms with Crippen LogP contribution in [-0.4, -0.2) is 16.2 Å². The maximum absolute atomic E-state index is 5.69. The molecule has 0 radical (unpaired) electrons. The van der Waals surface area contributed by atoms with Gasteiger partial charge in [0.05, 0.1) is 6.20 Å². The second-order valence-electron chi connectivity index (χ2n) is 6.25. The van der Waals surface area contributed by atoms with Crippen LogP contribution in [0.2, 0.25) is 0 Å². The molecule has 1 fully saturated rings. The second-order valence-corrected chi connectivity index (χ2v) is 6.25. The molecule has 0 aliphatic heterocycles. The molecule has 0 aromatic carbocycles.